The van der Waals surface area contributed by atoms with E-state index in [2.05, 4.69) is 18.3 Å². The van der Waals surface area contributed by atoms with E-state index in [0.29, 0.717) is 6.04 Å². The number of hydrogen-bond donors (Lipinski definition) is 2. The number of β-amino-alcohol motifs (C(OH)–C–C–N with tert-alkyl or cyclic N) is 1. The van der Waals surface area contributed by atoms with Gasteiger partial charge in [-0.15, -0.1) is 0 Å². The maximum atomic E-state index is 10.5. The van der Waals surface area contributed by atoms with Crippen molar-refractivity contribution in [3.8, 4) is 0 Å². The van der Waals surface area contributed by atoms with Crippen LogP contribution in [0.25, 0.3) is 0 Å². The molecule has 1 saturated heterocycles. The molecule has 1 heterocycles. The Morgan fingerprint density at radius 2 is 2.36 bits per heavy atom. The number of piperidine rings is 1. The summed E-state index contributed by atoms with van der Waals surface area (Å²) in [6.07, 6.45) is 9.11. The lowest BCUT2D eigenvalue weighted by Crippen LogP contribution is -2.50. The molecule has 2 heteroatoms. The number of rotatable bonds is 1. The summed E-state index contributed by atoms with van der Waals surface area (Å²) in [4.78, 5) is 0. The molecule has 0 radical (unpaired) electrons. The summed E-state index contributed by atoms with van der Waals surface area (Å²) in [5, 5.41) is 13.9. The van der Waals surface area contributed by atoms with E-state index in [0.717, 1.165) is 32.2 Å². The van der Waals surface area contributed by atoms with Gasteiger partial charge in [-0.3, -0.25) is 0 Å². The lowest BCUT2D eigenvalue weighted by molar-refractivity contribution is 0.0380. The molecule has 14 heavy (non-hydrogen) atoms. The summed E-state index contributed by atoms with van der Waals surface area (Å²) < 4.78 is 0. The van der Waals surface area contributed by atoms with Gasteiger partial charge < -0.3 is 10.4 Å². The number of allylic oxidation sites excluding steroid dienone is 1. The Labute approximate surface area is 86.4 Å². The highest BCUT2D eigenvalue weighted by Crippen LogP contribution is 2.32. The van der Waals surface area contributed by atoms with E-state index in [4.69, 9.17) is 0 Å². The van der Waals surface area contributed by atoms with Gasteiger partial charge in [0.25, 0.3) is 0 Å². The summed E-state index contributed by atoms with van der Waals surface area (Å²) in [5.41, 5.74) is 0.774. The molecule has 2 N–H and O–H groups in total. The maximum Gasteiger partial charge on any atom is 0.0981 e. The van der Waals surface area contributed by atoms with E-state index in [-0.39, 0.29) is 0 Å². The number of nitrogens with one attached hydrogen (secondary N) is 1. The third-order valence-electron chi connectivity index (χ3n) is 3.62. The number of hydrogen-bond acceptors (Lipinski definition) is 2. The zero-order valence-electron chi connectivity index (χ0n) is 9.05. The van der Waals surface area contributed by atoms with Crippen LogP contribution in [0.2, 0.25) is 0 Å². The fourth-order valence-corrected chi connectivity index (χ4v) is 2.52. The third-order valence-corrected chi connectivity index (χ3v) is 3.62. The van der Waals surface area contributed by atoms with Crippen molar-refractivity contribution in [3.05, 3.63) is 11.6 Å². The molecule has 2 rings (SSSR count). The quantitative estimate of drug-likeness (QED) is 0.627. The zero-order chi connectivity index (χ0) is 10.0. The van der Waals surface area contributed by atoms with Gasteiger partial charge in [-0.2, -0.15) is 0 Å². The Morgan fingerprint density at radius 3 is 2.93 bits per heavy atom. The van der Waals surface area contributed by atoms with Crippen LogP contribution in [0, 0.1) is 0 Å². The first-order valence-corrected chi connectivity index (χ1v) is 5.86. The molecule has 0 amide bonds. The molecule has 2 aliphatic rings. The van der Waals surface area contributed by atoms with Crippen molar-refractivity contribution in [2.75, 3.05) is 6.54 Å². The standard InChI is InChI=1S/C12H21NO/c1-10-7-8-12(14,9-13-10)11-5-3-2-4-6-11/h5,10,13-14H,2-4,6-9H2,1H3. The van der Waals surface area contributed by atoms with Crippen molar-refractivity contribution in [1.29, 1.82) is 0 Å². The fourth-order valence-electron chi connectivity index (χ4n) is 2.52. The van der Waals surface area contributed by atoms with Gasteiger partial charge >= 0.3 is 0 Å². The smallest absolute Gasteiger partial charge is 0.0981 e. The summed E-state index contributed by atoms with van der Waals surface area (Å²) in [6.45, 7) is 2.94. The first-order chi connectivity index (χ1) is 6.71. The first kappa shape index (κ1) is 10.2. The van der Waals surface area contributed by atoms with Gasteiger partial charge in [0.2, 0.25) is 0 Å². The molecular weight excluding hydrogens is 174 g/mol. The Bertz CT molecular complexity index is 226. The van der Waals surface area contributed by atoms with Crippen LogP contribution >= 0.6 is 0 Å². The van der Waals surface area contributed by atoms with Crippen LogP contribution in [0.5, 0.6) is 0 Å². The van der Waals surface area contributed by atoms with Gasteiger partial charge in [-0.1, -0.05) is 6.08 Å². The summed E-state index contributed by atoms with van der Waals surface area (Å²) >= 11 is 0. The highest BCUT2D eigenvalue weighted by Gasteiger charge is 2.35. The van der Waals surface area contributed by atoms with E-state index in [9.17, 15) is 5.11 Å². The molecule has 2 unspecified atom stereocenters. The molecule has 0 aromatic rings. The van der Waals surface area contributed by atoms with Gasteiger partial charge in [-0.25, -0.2) is 0 Å². The summed E-state index contributed by atoms with van der Waals surface area (Å²) in [7, 11) is 0. The highest BCUT2D eigenvalue weighted by molar-refractivity contribution is 5.20. The average molecular weight is 195 g/mol. The molecular formula is C12H21NO. The molecule has 1 aliphatic carbocycles. The van der Waals surface area contributed by atoms with Crippen molar-refractivity contribution in [3.63, 3.8) is 0 Å². The summed E-state index contributed by atoms with van der Waals surface area (Å²) in [6, 6.07) is 0.569. The van der Waals surface area contributed by atoms with Crippen LogP contribution in [0.3, 0.4) is 0 Å². The largest absolute Gasteiger partial charge is 0.384 e. The third kappa shape index (κ3) is 2.01. The van der Waals surface area contributed by atoms with Crippen LogP contribution < -0.4 is 5.32 Å². The SMILES string of the molecule is CC1CCC(O)(C2=CCCCC2)CN1. The van der Waals surface area contributed by atoms with Crippen LogP contribution in [-0.2, 0) is 0 Å². The lowest BCUT2D eigenvalue weighted by Gasteiger charge is -2.38. The van der Waals surface area contributed by atoms with E-state index in [1.165, 1.54) is 18.4 Å². The molecule has 2 nitrogen and oxygen atoms in total. The molecule has 80 valence electrons. The zero-order valence-corrected chi connectivity index (χ0v) is 9.05. The predicted octanol–water partition coefficient (Wildman–Crippen LogP) is 1.99. The second kappa shape index (κ2) is 4.03. The molecule has 0 saturated carbocycles. The maximum absolute atomic E-state index is 10.5. The minimum absolute atomic E-state index is 0.521. The number of aliphatic hydroxyl groups is 1. The molecule has 2 atom stereocenters. The molecule has 0 aromatic heterocycles. The normalized spacial score (nSPS) is 39.3. The van der Waals surface area contributed by atoms with Crippen molar-refractivity contribution in [1.82, 2.24) is 5.32 Å². The molecule has 1 fully saturated rings. The van der Waals surface area contributed by atoms with Gasteiger partial charge in [0, 0.05) is 12.6 Å². The molecule has 1 aliphatic heterocycles. The van der Waals surface area contributed by atoms with Crippen LogP contribution in [0.4, 0.5) is 0 Å². The second-order valence-electron chi connectivity index (χ2n) is 4.83. The first-order valence-electron chi connectivity index (χ1n) is 5.86. The predicted molar refractivity (Wildman–Crippen MR) is 58.2 cm³/mol. The summed E-state index contributed by atoms with van der Waals surface area (Å²) in [5.74, 6) is 0. The molecule has 0 bridgehead atoms. The second-order valence-corrected chi connectivity index (χ2v) is 4.83. The Morgan fingerprint density at radius 1 is 1.50 bits per heavy atom. The molecule has 0 aromatic carbocycles. The Kier molecular flexibility index (Phi) is 2.93. The Balaban J connectivity index is 2.04. The van der Waals surface area contributed by atoms with E-state index >= 15 is 0 Å². The fraction of sp³-hybridized carbons (Fsp3) is 0.833. The van der Waals surface area contributed by atoms with Gasteiger partial charge in [0.05, 0.1) is 5.60 Å². The van der Waals surface area contributed by atoms with Gasteiger partial charge in [0.1, 0.15) is 0 Å². The molecule has 0 spiro atoms. The topological polar surface area (TPSA) is 32.3 Å². The minimum atomic E-state index is -0.521. The van der Waals surface area contributed by atoms with Crippen molar-refractivity contribution in [2.45, 2.75) is 57.1 Å². The van der Waals surface area contributed by atoms with Crippen LogP contribution in [0.1, 0.15) is 45.4 Å². The van der Waals surface area contributed by atoms with E-state index in [1.807, 2.05) is 0 Å². The monoisotopic (exact) mass is 195 g/mol. The minimum Gasteiger partial charge on any atom is -0.384 e. The van der Waals surface area contributed by atoms with Gasteiger partial charge in [-0.05, 0) is 51.0 Å². The van der Waals surface area contributed by atoms with E-state index in [1.54, 1.807) is 0 Å². The highest BCUT2D eigenvalue weighted by atomic mass is 16.3. The van der Waals surface area contributed by atoms with Crippen molar-refractivity contribution in [2.24, 2.45) is 0 Å². The van der Waals surface area contributed by atoms with Crippen molar-refractivity contribution >= 4 is 0 Å². The lowest BCUT2D eigenvalue weighted by atomic mass is 9.79. The van der Waals surface area contributed by atoms with Crippen molar-refractivity contribution < 1.29 is 5.11 Å². The average Bonchev–Trinajstić information content (AvgIpc) is 2.24. The van der Waals surface area contributed by atoms with E-state index < -0.39 is 5.60 Å². The Hall–Kier alpha value is -0.340. The van der Waals surface area contributed by atoms with Crippen LogP contribution in [-0.4, -0.2) is 23.3 Å². The van der Waals surface area contributed by atoms with Crippen LogP contribution in [0.15, 0.2) is 11.6 Å². The van der Waals surface area contributed by atoms with Gasteiger partial charge in [0.15, 0.2) is 0 Å².